The maximum absolute atomic E-state index is 12.9. The molecule has 3 aromatic carbocycles. The fourth-order valence-corrected chi connectivity index (χ4v) is 11.3. The number of benzene rings is 3. The van der Waals surface area contributed by atoms with Gasteiger partial charge in [0.25, 0.3) is 0 Å². The van der Waals surface area contributed by atoms with Gasteiger partial charge in [0.05, 0.1) is 33.3 Å². The lowest BCUT2D eigenvalue weighted by molar-refractivity contribution is -0.142. The van der Waals surface area contributed by atoms with Crippen molar-refractivity contribution in [3.05, 3.63) is 90.3 Å². The van der Waals surface area contributed by atoms with Gasteiger partial charge in [0.1, 0.15) is 23.0 Å². The van der Waals surface area contributed by atoms with Gasteiger partial charge in [-0.2, -0.15) is 8.61 Å². The number of nitrogens with zero attached hydrogens (tertiary/aromatic N) is 3. The molecule has 0 unspecified atom stereocenters. The molecule has 0 bridgehead atoms. The zero-order valence-electron chi connectivity index (χ0n) is 31.5. The monoisotopic (exact) mass is 950 g/mol. The minimum atomic E-state index is -3.96. The quantitative estimate of drug-likeness (QED) is 0.133. The van der Waals surface area contributed by atoms with Crippen molar-refractivity contribution in [3.63, 3.8) is 0 Å². The average molecular weight is 954 g/mol. The van der Waals surface area contributed by atoms with Crippen LogP contribution < -0.4 is 5.32 Å². The highest BCUT2D eigenvalue weighted by Crippen LogP contribution is 2.41. The first-order chi connectivity index (χ1) is 26.6. The predicted octanol–water partition coefficient (Wildman–Crippen LogP) is 7.17. The Labute approximate surface area is 364 Å². The highest BCUT2D eigenvalue weighted by Gasteiger charge is 2.39. The smallest absolute Gasteiger partial charge is 0.329 e. The molecule has 21 heteroatoms. The molecule has 2 N–H and O–H groups in total. The van der Waals surface area contributed by atoms with Crippen LogP contribution in [0.2, 0.25) is 30.1 Å². The van der Waals surface area contributed by atoms with Crippen LogP contribution >= 0.6 is 69.6 Å². The molecule has 0 spiro atoms. The summed E-state index contributed by atoms with van der Waals surface area (Å²) in [7, 11) is -0.983. The lowest BCUT2D eigenvalue weighted by Crippen LogP contribution is -2.49. The van der Waals surface area contributed by atoms with Crippen molar-refractivity contribution in [3.8, 4) is 0 Å². The Morgan fingerprint density at radius 1 is 0.719 bits per heavy atom. The second kappa shape index (κ2) is 22.0. The van der Waals surface area contributed by atoms with Gasteiger partial charge in [-0.25, -0.2) is 21.6 Å². The summed E-state index contributed by atoms with van der Waals surface area (Å²) in [5, 5.41) is 11.6. The third kappa shape index (κ3) is 13.5. The second-order valence-electron chi connectivity index (χ2n) is 13.2. The van der Waals surface area contributed by atoms with Crippen molar-refractivity contribution in [1.29, 1.82) is 0 Å². The van der Waals surface area contributed by atoms with Crippen molar-refractivity contribution in [2.45, 2.75) is 47.1 Å². The number of carbonyl (C=O) groups is 2. The maximum atomic E-state index is 12.9. The topological polar surface area (TPSA) is 163 Å². The van der Waals surface area contributed by atoms with Gasteiger partial charge >= 0.3 is 5.97 Å². The van der Waals surface area contributed by atoms with E-state index in [1.807, 2.05) is 6.07 Å². The van der Waals surface area contributed by atoms with Gasteiger partial charge in [0.2, 0.25) is 26.0 Å². The molecular weight excluding hydrogens is 909 g/mol. The number of halogens is 6. The van der Waals surface area contributed by atoms with E-state index < -0.39 is 32.6 Å². The molecule has 57 heavy (non-hydrogen) atoms. The van der Waals surface area contributed by atoms with Gasteiger partial charge in [0.15, 0.2) is 0 Å². The molecule has 4 rings (SSSR count). The number of carbonyl (C=O) groups excluding carboxylic acids is 1. The van der Waals surface area contributed by atoms with E-state index in [9.17, 15) is 26.4 Å². The van der Waals surface area contributed by atoms with E-state index >= 15 is 0 Å². The summed E-state index contributed by atoms with van der Waals surface area (Å²) in [6.45, 7) is -0.721. The Balaban J connectivity index is 0.000000353. The van der Waals surface area contributed by atoms with Crippen LogP contribution in [0.25, 0.3) is 0 Å². The van der Waals surface area contributed by atoms with Crippen molar-refractivity contribution >= 4 is 102 Å². The Morgan fingerprint density at radius 2 is 1.12 bits per heavy atom. The van der Waals surface area contributed by atoms with Crippen LogP contribution in [0, 0.1) is 0 Å². The number of aliphatic carboxylic acids is 1. The number of hydrogen-bond donors (Lipinski definition) is 2. The summed E-state index contributed by atoms with van der Waals surface area (Å²) in [6.07, 6.45) is 3.60. The van der Waals surface area contributed by atoms with E-state index in [0.29, 0.717) is 0 Å². The van der Waals surface area contributed by atoms with E-state index in [1.54, 1.807) is 0 Å². The molecule has 1 amide bonds. The second-order valence-corrected chi connectivity index (χ2v) is 19.6. The van der Waals surface area contributed by atoms with Crippen molar-refractivity contribution < 1.29 is 41.0 Å². The van der Waals surface area contributed by atoms with Crippen LogP contribution in [0.4, 0.5) is 0 Å². The first kappa shape index (κ1) is 49.4. The lowest BCUT2D eigenvalue weighted by atomic mass is 9.74. The minimum Gasteiger partial charge on any atom is -0.480 e. The normalized spacial score (nSPS) is 17.4. The highest BCUT2D eigenvalue weighted by molar-refractivity contribution is 7.89. The zero-order valence-corrected chi connectivity index (χ0v) is 37.7. The molecule has 13 nitrogen and oxygen atoms in total. The number of nitrogens with one attached hydrogen (secondary N) is 1. The molecule has 1 aliphatic carbocycles. The molecule has 316 valence electrons. The standard InChI is InChI=1S/C25H32Cl3N3O4S.C11H12Cl3NO5S/c1-30(2)25(18-7-5-4-6-8-18)11-9-20(10-12-25)29-23(32)17-35-14-13-31(3)36(33,34)24-21(27)15-19(26)16-22(24)28;1-15(2-3-20-6-10(16)17)21(18,19)11-8(13)4-7(12)5-9(11)14/h4-8,15-16,20H,9-14,17H2,1-3H3,(H,29,32);4-5H,2-3,6H2,1H3,(H,16,17). The molecule has 3 aromatic rings. The number of carboxylic acid groups (broad SMARTS) is 1. The molecule has 0 aromatic heterocycles. The number of ether oxygens (including phenoxy) is 2. The Morgan fingerprint density at radius 3 is 1.51 bits per heavy atom. The summed E-state index contributed by atoms with van der Waals surface area (Å²) in [5.41, 5.74) is 1.26. The fraction of sp³-hybridized carbons (Fsp3) is 0.444. The molecule has 0 aliphatic heterocycles. The number of carboxylic acids is 1. The van der Waals surface area contributed by atoms with E-state index in [0.717, 1.165) is 34.3 Å². The van der Waals surface area contributed by atoms with E-state index in [-0.39, 0.29) is 90.3 Å². The third-order valence-electron chi connectivity index (χ3n) is 9.17. The molecule has 0 heterocycles. The molecule has 0 radical (unpaired) electrons. The first-order valence-corrected chi connectivity index (χ1v) is 22.4. The number of amides is 1. The summed E-state index contributed by atoms with van der Waals surface area (Å²) >= 11 is 35.5. The number of likely N-dealkylation sites (N-methyl/N-ethyl adjacent to an activating group) is 2. The Bertz CT molecular complexity index is 2030. The molecule has 1 fully saturated rings. The van der Waals surface area contributed by atoms with E-state index in [4.69, 9.17) is 84.2 Å². The van der Waals surface area contributed by atoms with Crippen LogP contribution in [-0.4, -0.2) is 121 Å². The number of rotatable bonds is 17. The van der Waals surface area contributed by atoms with Gasteiger partial charge in [-0.3, -0.25) is 9.69 Å². The predicted molar refractivity (Wildman–Crippen MR) is 224 cm³/mol. The molecule has 0 saturated heterocycles. The number of hydrogen-bond acceptors (Lipinski definition) is 9. The molecule has 0 atom stereocenters. The summed E-state index contributed by atoms with van der Waals surface area (Å²) in [4.78, 5) is 24.5. The van der Waals surface area contributed by atoms with Crippen LogP contribution in [0.5, 0.6) is 0 Å². The fourth-order valence-electron chi connectivity index (χ4n) is 6.06. The van der Waals surface area contributed by atoms with Crippen molar-refractivity contribution in [2.24, 2.45) is 0 Å². The van der Waals surface area contributed by atoms with Gasteiger partial charge < -0.3 is 19.9 Å². The largest absolute Gasteiger partial charge is 0.480 e. The summed E-state index contributed by atoms with van der Waals surface area (Å²) in [6, 6.07) is 15.8. The highest BCUT2D eigenvalue weighted by atomic mass is 35.5. The minimum absolute atomic E-state index is 0.0246. The van der Waals surface area contributed by atoms with Gasteiger partial charge in [-0.1, -0.05) is 99.9 Å². The lowest BCUT2D eigenvalue weighted by Gasteiger charge is -2.45. The first-order valence-electron chi connectivity index (χ1n) is 17.2. The van der Waals surface area contributed by atoms with Crippen molar-refractivity contribution in [1.82, 2.24) is 18.8 Å². The number of sulfonamides is 2. The van der Waals surface area contributed by atoms with Gasteiger partial charge in [-0.05, 0) is 69.6 Å². The zero-order chi connectivity index (χ0) is 42.7. The summed E-state index contributed by atoms with van der Waals surface area (Å²) in [5.74, 6) is -1.35. The van der Waals surface area contributed by atoms with Crippen LogP contribution in [0.15, 0.2) is 64.4 Å². The average Bonchev–Trinajstić information content (AvgIpc) is 3.11. The molecular formula is C36H44Cl6N4O9S2. The Kier molecular flexibility index (Phi) is 19.1. The van der Waals surface area contributed by atoms with Crippen molar-refractivity contribution in [2.75, 3.05) is 67.7 Å². The van der Waals surface area contributed by atoms with E-state index in [2.05, 4.69) is 48.6 Å². The SMILES string of the molecule is CN(C)C1(c2ccccc2)CCC(NC(=O)COCCN(C)S(=O)(=O)c2c(Cl)cc(Cl)cc2Cl)CC1.CN(CCOCC(=O)O)S(=O)(=O)c1c(Cl)cc(Cl)cc1Cl. The van der Waals surface area contributed by atoms with Gasteiger partial charge in [-0.15, -0.1) is 0 Å². The van der Waals surface area contributed by atoms with Crippen LogP contribution in [0.1, 0.15) is 31.2 Å². The van der Waals surface area contributed by atoms with Gasteiger partial charge in [0, 0.05) is 48.8 Å². The molecule has 1 saturated carbocycles. The summed E-state index contributed by atoms with van der Waals surface area (Å²) < 4.78 is 62.7. The van der Waals surface area contributed by atoms with E-state index in [1.165, 1.54) is 43.9 Å². The maximum Gasteiger partial charge on any atom is 0.329 e. The van der Waals surface area contributed by atoms with Crippen LogP contribution in [0.3, 0.4) is 0 Å². The molecule has 1 aliphatic rings. The third-order valence-corrected chi connectivity index (χ3v) is 15.2. The Hall–Kier alpha value is -1.96. The van der Waals surface area contributed by atoms with Crippen LogP contribution in [-0.2, 0) is 44.6 Å².